The van der Waals surface area contributed by atoms with Crippen molar-refractivity contribution in [2.45, 2.75) is 30.7 Å². The summed E-state index contributed by atoms with van der Waals surface area (Å²) < 4.78 is 0. The fourth-order valence-corrected chi connectivity index (χ4v) is 3.90. The maximum absolute atomic E-state index is 4.45. The van der Waals surface area contributed by atoms with Crippen molar-refractivity contribution in [2.75, 3.05) is 31.6 Å². The fourth-order valence-electron chi connectivity index (χ4n) is 3.90. The van der Waals surface area contributed by atoms with E-state index >= 15 is 0 Å². The molecule has 1 saturated carbocycles. The molecule has 0 bridgehead atoms. The number of para-hydroxylation sites is 1. The highest BCUT2D eigenvalue weighted by molar-refractivity contribution is 14.0. The fraction of sp³-hybridized carbons (Fsp3) is 0.409. The molecule has 1 unspecified atom stereocenters. The molecule has 0 amide bonds. The second-order valence-electron chi connectivity index (χ2n) is 7.48. The molecule has 2 aliphatic rings. The van der Waals surface area contributed by atoms with Crippen molar-refractivity contribution in [3.8, 4) is 0 Å². The maximum Gasteiger partial charge on any atom is 0.191 e. The number of hydrogen-bond donors (Lipinski definition) is 2. The monoisotopic (exact) mass is 476 g/mol. The Morgan fingerprint density at radius 2 is 1.74 bits per heavy atom. The first kappa shape index (κ1) is 20.0. The molecule has 1 heterocycles. The first-order chi connectivity index (χ1) is 12.8. The Hall–Kier alpha value is -1.76. The van der Waals surface area contributed by atoms with Gasteiger partial charge in [0, 0.05) is 43.8 Å². The van der Waals surface area contributed by atoms with Gasteiger partial charge in [0.25, 0.3) is 0 Å². The zero-order valence-corrected chi connectivity index (χ0v) is 18.2. The number of nitrogens with zero attached hydrogens (tertiary/aromatic N) is 2. The minimum atomic E-state index is 0. The van der Waals surface area contributed by atoms with Gasteiger partial charge in [0.05, 0.1) is 0 Å². The Labute approximate surface area is 179 Å². The molecule has 1 saturated heterocycles. The molecule has 2 fully saturated rings. The molecule has 2 aromatic carbocycles. The summed E-state index contributed by atoms with van der Waals surface area (Å²) in [6.45, 7) is 3.06. The lowest BCUT2D eigenvalue weighted by Crippen LogP contribution is -2.46. The third-order valence-corrected chi connectivity index (χ3v) is 5.71. The Kier molecular flexibility index (Phi) is 6.63. The van der Waals surface area contributed by atoms with Crippen LogP contribution in [0.1, 0.15) is 24.8 Å². The molecule has 0 aromatic heterocycles. The highest BCUT2D eigenvalue weighted by Gasteiger charge is 2.44. The van der Waals surface area contributed by atoms with E-state index in [1.54, 1.807) is 0 Å². The van der Waals surface area contributed by atoms with Crippen LogP contribution in [0.4, 0.5) is 5.69 Å². The van der Waals surface area contributed by atoms with E-state index < -0.39 is 0 Å². The van der Waals surface area contributed by atoms with Gasteiger partial charge in [-0.15, -0.1) is 24.0 Å². The van der Waals surface area contributed by atoms with Crippen LogP contribution in [0.15, 0.2) is 65.7 Å². The topological polar surface area (TPSA) is 39.7 Å². The third kappa shape index (κ3) is 4.75. The lowest BCUT2D eigenvalue weighted by Gasteiger charge is -2.22. The Morgan fingerprint density at radius 3 is 2.37 bits per heavy atom. The van der Waals surface area contributed by atoms with Gasteiger partial charge in [0.1, 0.15) is 0 Å². The van der Waals surface area contributed by atoms with Crippen LogP contribution in [0.5, 0.6) is 0 Å². The third-order valence-electron chi connectivity index (χ3n) is 5.71. The summed E-state index contributed by atoms with van der Waals surface area (Å²) in [7, 11) is 1.86. The van der Waals surface area contributed by atoms with Crippen molar-refractivity contribution >= 4 is 35.6 Å². The van der Waals surface area contributed by atoms with Crippen LogP contribution in [0.25, 0.3) is 0 Å². The first-order valence-electron chi connectivity index (χ1n) is 9.62. The van der Waals surface area contributed by atoms with Gasteiger partial charge in [0.2, 0.25) is 0 Å². The molecule has 4 rings (SSSR count). The van der Waals surface area contributed by atoms with E-state index in [2.05, 4.69) is 81.2 Å². The van der Waals surface area contributed by atoms with Gasteiger partial charge in [-0.05, 0) is 37.0 Å². The molecule has 0 spiro atoms. The molecule has 27 heavy (non-hydrogen) atoms. The van der Waals surface area contributed by atoms with E-state index in [0.717, 1.165) is 32.0 Å². The molecule has 1 aliphatic carbocycles. The van der Waals surface area contributed by atoms with E-state index in [-0.39, 0.29) is 24.0 Å². The minimum Gasteiger partial charge on any atom is -0.369 e. The maximum atomic E-state index is 4.45. The van der Waals surface area contributed by atoms with Crippen molar-refractivity contribution in [2.24, 2.45) is 4.99 Å². The molecule has 1 atom stereocenters. The first-order valence-corrected chi connectivity index (χ1v) is 9.62. The van der Waals surface area contributed by atoms with Gasteiger partial charge >= 0.3 is 0 Å². The smallest absolute Gasteiger partial charge is 0.191 e. The normalized spacial score (nSPS) is 20.7. The Balaban J connectivity index is 0.00000210. The zero-order chi connectivity index (χ0) is 17.8. The van der Waals surface area contributed by atoms with E-state index in [1.807, 2.05) is 7.05 Å². The van der Waals surface area contributed by atoms with Crippen LogP contribution in [0.2, 0.25) is 0 Å². The highest BCUT2D eigenvalue weighted by atomic mass is 127. The van der Waals surface area contributed by atoms with Crippen molar-refractivity contribution in [1.29, 1.82) is 0 Å². The van der Waals surface area contributed by atoms with E-state index in [0.29, 0.717) is 11.5 Å². The summed E-state index contributed by atoms with van der Waals surface area (Å²) >= 11 is 0. The van der Waals surface area contributed by atoms with Crippen LogP contribution in [-0.2, 0) is 5.41 Å². The van der Waals surface area contributed by atoms with Crippen LogP contribution >= 0.6 is 24.0 Å². The van der Waals surface area contributed by atoms with Crippen molar-refractivity contribution in [3.63, 3.8) is 0 Å². The molecule has 4 nitrogen and oxygen atoms in total. The molecule has 1 aliphatic heterocycles. The van der Waals surface area contributed by atoms with Crippen molar-refractivity contribution in [3.05, 3.63) is 66.2 Å². The number of benzene rings is 2. The van der Waals surface area contributed by atoms with Crippen LogP contribution < -0.4 is 15.5 Å². The second-order valence-corrected chi connectivity index (χ2v) is 7.48. The molecule has 2 aromatic rings. The van der Waals surface area contributed by atoms with Gasteiger partial charge in [-0.3, -0.25) is 4.99 Å². The van der Waals surface area contributed by atoms with Gasteiger partial charge < -0.3 is 15.5 Å². The van der Waals surface area contributed by atoms with E-state index in [9.17, 15) is 0 Å². The van der Waals surface area contributed by atoms with Crippen molar-refractivity contribution in [1.82, 2.24) is 10.6 Å². The average Bonchev–Trinajstić information content (AvgIpc) is 3.36. The highest BCUT2D eigenvalue weighted by Crippen LogP contribution is 2.47. The van der Waals surface area contributed by atoms with Crippen LogP contribution in [0.3, 0.4) is 0 Å². The number of hydrogen-bond acceptors (Lipinski definition) is 2. The number of guanidine groups is 1. The van der Waals surface area contributed by atoms with Gasteiger partial charge in [-0.2, -0.15) is 0 Å². The number of anilines is 1. The number of aliphatic imine (C=N–C) groups is 1. The molecular weight excluding hydrogens is 447 g/mol. The molecule has 0 radical (unpaired) electrons. The number of nitrogens with one attached hydrogen (secondary N) is 2. The molecule has 2 N–H and O–H groups in total. The summed E-state index contributed by atoms with van der Waals surface area (Å²) in [5.74, 6) is 0.923. The summed E-state index contributed by atoms with van der Waals surface area (Å²) in [4.78, 5) is 6.89. The predicted octanol–water partition coefficient (Wildman–Crippen LogP) is 3.78. The molecule has 5 heteroatoms. The standard InChI is InChI=1S/C22H28N4.HI/c1-23-21(24-17-22(13-14-22)18-8-4-2-5-9-18)25-19-12-15-26(16-19)20-10-6-3-7-11-20;/h2-11,19H,12-17H2,1H3,(H2,23,24,25);1H. The van der Waals surface area contributed by atoms with Gasteiger partial charge in [0.15, 0.2) is 5.96 Å². The van der Waals surface area contributed by atoms with E-state index in [1.165, 1.54) is 24.1 Å². The average molecular weight is 476 g/mol. The number of halogens is 1. The van der Waals surface area contributed by atoms with Crippen LogP contribution in [-0.4, -0.2) is 38.7 Å². The quantitative estimate of drug-likeness (QED) is 0.392. The Bertz CT molecular complexity index is 743. The zero-order valence-electron chi connectivity index (χ0n) is 15.9. The summed E-state index contributed by atoms with van der Waals surface area (Å²) in [6, 6.07) is 22.0. The minimum absolute atomic E-state index is 0. The number of rotatable bonds is 5. The lowest BCUT2D eigenvalue weighted by atomic mass is 9.96. The summed E-state index contributed by atoms with van der Waals surface area (Å²) in [5, 5.41) is 7.19. The Morgan fingerprint density at radius 1 is 1.07 bits per heavy atom. The molecule has 144 valence electrons. The summed E-state index contributed by atoms with van der Waals surface area (Å²) in [5.41, 5.74) is 3.05. The lowest BCUT2D eigenvalue weighted by molar-refractivity contribution is 0.614. The predicted molar refractivity (Wildman–Crippen MR) is 124 cm³/mol. The SMILES string of the molecule is CN=C(NCC1(c2ccccc2)CC1)NC1CCN(c2ccccc2)C1.I. The van der Waals surface area contributed by atoms with E-state index in [4.69, 9.17) is 0 Å². The second kappa shape index (κ2) is 8.95. The largest absolute Gasteiger partial charge is 0.369 e. The van der Waals surface area contributed by atoms with Crippen molar-refractivity contribution < 1.29 is 0 Å². The molecular formula is C22H29IN4. The van der Waals surface area contributed by atoms with Gasteiger partial charge in [-0.25, -0.2) is 0 Å². The van der Waals surface area contributed by atoms with Crippen LogP contribution in [0, 0.1) is 0 Å². The van der Waals surface area contributed by atoms with Gasteiger partial charge in [-0.1, -0.05) is 48.5 Å². The summed E-state index contributed by atoms with van der Waals surface area (Å²) in [6.07, 6.45) is 3.65.